The number of hydrogen-bond donors (Lipinski definition) is 2. The number of nitrogens with zero attached hydrogens (tertiary/aromatic N) is 3. The molecule has 0 bridgehead atoms. The van der Waals surface area contributed by atoms with E-state index < -0.39 is 0 Å². The molecule has 2 rings (SSSR count). The maximum Gasteiger partial charge on any atom is 0.0969 e. The van der Waals surface area contributed by atoms with E-state index in [1.165, 1.54) is 0 Å². The summed E-state index contributed by atoms with van der Waals surface area (Å²) >= 11 is 0. The monoisotopic (exact) mass is 260 g/mol. The molecule has 2 aromatic rings. The fraction of sp³-hybridized carbons (Fsp3) is 0.429. The third kappa shape index (κ3) is 3.62. The fourth-order valence-corrected chi connectivity index (χ4v) is 1.81. The lowest BCUT2D eigenvalue weighted by Gasteiger charge is -2.18. The minimum Gasteiger partial charge on any atom is -0.395 e. The van der Waals surface area contributed by atoms with E-state index in [-0.39, 0.29) is 12.6 Å². The lowest BCUT2D eigenvalue weighted by Crippen LogP contribution is -2.36. The van der Waals surface area contributed by atoms with Crippen LogP contribution in [0.1, 0.15) is 19.5 Å². The molecule has 0 aliphatic heterocycles. The van der Waals surface area contributed by atoms with E-state index in [1.807, 2.05) is 30.3 Å². The van der Waals surface area contributed by atoms with Gasteiger partial charge in [0, 0.05) is 12.6 Å². The van der Waals surface area contributed by atoms with Crippen molar-refractivity contribution >= 4 is 0 Å². The van der Waals surface area contributed by atoms with Crippen molar-refractivity contribution in [3.05, 3.63) is 42.2 Å². The van der Waals surface area contributed by atoms with Gasteiger partial charge in [0.2, 0.25) is 0 Å². The van der Waals surface area contributed by atoms with E-state index in [2.05, 4.69) is 29.4 Å². The van der Waals surface area contributed by atoms with Crippen molar-refractivity contribution in [2.45, 2.75) is 26.4 Å². The molecule has 0 spiro atoms. The molecular weight excluding hydrogens is 240 g/mol. The Morgan fingerprint density at radius 1 is 1.26 bits per heavy atom. The van der Waals surface area contributed by atoms with Crippen molar-refractivity contribution in [2.24, 2.45) is 5.92 Å². The predicted molar refractivity (Wildman–Crippen MR) is 73.9 cm³/mol. The molecule has 1 atom stereocenters. The van der Waals surface area contributed by atoms with Gasteiger partial charge < -0.3 is 10.4 Å². The maximum atomic E-state index is 9.25. The normalized spacial score (nSPS) is 12.8. The fourth-order valence-electron chi connectivity index (χ4n) is 1.81. The molecule has 1 heterocycles. The van der Waals surface area contributed by atoms with Gasteiger partial charge in [0.25, 0.3) is 0 Å². The quantitative estimate of drug-likeness (QED) is 0.823. The second-order valence-corrected chi connectivity index (χ2v) is 4.87. The zero-order valence-corrected chi connectivity index (χ0v) is 11.3. The van der Waals surface area contributed by atoms with Crippen LogP contribution in [0.15, 0.2) is 36.5 Å². The lowest BCUT2D eigenvalue weighted by atomic mass is 10.1. The number of benzene rings is 1. The van der Waals surface area contributed by atoms with E-state index >= 15 is 0 Å². The smallest absolute Gasteiger partial charge is 0.0969 e. The summed E-state index contributed by atoms with van der Waals surface area (Å²) in [7, 11) is 0. The average molecular weight is 260 g/mol. The minimum atomic E-state index is 0.0851. The summed E-state index contributed by atoms with van der Waals surface area (Å²) in [5.74, 6) is 0.383. The van der Waals surface area contributed by atoms with Gasteiger partial charge in [-0.3, -0.25) is 0 Å². The van der Waals surface area contributed by atoms with Crippen LogP contribution in [-0.2, 0) is 6.54 Å². The van der Waals surface area contributed by atoms with Gasteiger partial charge in [-0.15, -0.1) is 0 Å². The summed E-state index contributed by atoms with van der Waals surface area (Å²) in [6, 6.07) is 9.88. The van der Waals surface area contributed by atoms with Gasteiger partial charge in [-0.1, -0.05) is 32.0 Å². The Bertz CT molecular complexity index is 495. The van der Waals surface area contributed by atoms with Crippen LogP contribution in [0.4, 0.5) is 0 Å². The maximum absolute atomic E-state index is 9.25. The molecule has 1 aromatic heterocycles. The van der Waals surface area contributed by atoms with Crippen molar-refractivity contribution in [1.82, 2.24) is 20.3 Å². The largest absolute Gasteiger partial charge is 0.395 e. The molecule has 19 heavy (non-hydrogen) atoms. The van der Waals surface area contributed by atoms with E-state index in [9.17, 15) is 5.11 Å². The zero-order chi connectivity index (χ0) is 13.7. The first-order valence-electron chi connectivity index (χ1n) is 6.51. The van der Waals surface area contributed by atoms with Crippen LogP contribution in [0.25, 0.3) is 5.69 Å². The van der Waals surface area contributed by atoms with Crippen LogP contribution < -0.4 is 5.32 Å². The summed E-state index contributed by atoms with van der Waals surface area (Å²) in [5.41, 5.74) is 1.80. The number of aliphatic hydroxyl groups is 1. The van der Waals surface area contributed by atoms with Crippen LogP contribution in [0, 0.1) is 5.92 Å². The molecule has 0 amide bonds. The first-order valence-corrected chi connectivity index (χ1v) is 6.51. The van der Waals surface area contributed by atoms with Crippen molar-refractivity contribution in [2.75, 3.05) is 6.61 Å². The average Bonchev–Trinajstić information content (AvgIpc) is 2.89. The van der Waals surface area contributed by atoms with E-state index in [4.69, 9.17) is 0 Å². The Morgan fingerprint density at radius 3 is 2.63 bits per heavy atom. The highest BCUT2D eigenvalue weighted by molar-refractivity contribution is 5.28. The molecule has 0 aliphatic rings. The molecule has 0 aliphatic carbocycles. The summed E-state index contributed by atoms with van der Waals surface area (Å²) in [5, 5.41) is 21.2. The van der Waals surface area contributed by atoms with Gasteiger partial charge in [-0.25, -0.2) is 0 Å². The molecule has 0 radical (unpaired) electrons. The Balaban J connectivity index is 1.98. The summed E-state index contributed by atoms with van der Waals surface area (Å²) in [6.45, 7) is 4.89. The topological polar surface area (TPSA) is 63.0 Å². The first-order chi connectivity index (χ1) is 9.20. The molecule has 2 N–H and O–H groups in total. The number of para-hydroxylation sites is 1. The Labute approximate surface area is 113 Å². The summed E-state index contributed by atoms with van der Waals surface area (Å²) in [4.78, 5) is 1.61. The number of hydrogen-bond acceptors (Lipinski definition) is 4. The standard InChI is InChI=1S/C14H20N4O/c1-11(2)14(10-19)15-8-12-9-16-18(17-12)13-6-4-3-5-7-13/h3-7,9,11,14-15,19H,8,10H2,1-2H3. The van der Waals surface area contributed by atoms with Crippen LogP contribution in [0.3, 0.4) is 0 Å². The molecule has 5 heteroatoms. The minimum absolute atomic E-state index is 0.0851. The van der Waals surface area contributed by atoms with E-state index in [0.717, 1.165) is 11.4 Å². The Hall–Kier alpha value is -1.72. The molecule has 1 unspecified atom stereocenters. The molecule has 0 saturated heterocycles. The molecule has 0 fully saturated rings. The lowest BCUT2D eigenvalue weighted by molar-refractivity contribution is 0.209. The van der Waals surface area contributed by atoms with Crippen molar-refractivity contribution in [3.63, 3.8) is 0 Å². The van der Waals surface area contributed by atoms with Gasteiger partial charge in [-0.05, 0) is 18.1 Å². The highest BCUT2D eigenvalue weighted by atomic mass is 16.3. The molecule has 0 saturated carbocycles. The number of aromatic nitrogens is 3. The van der Waals surface area contributed by atoms with Gasteiger partial charge >= 0.3 is 0 Å². The highest BCUT2D eigenvalue weighted by Crippen LogP contribution is 2.05. The zero-order valence-electron chi connectivity index (χ0n) is 11.3. The third-order valence-electron chi connectivity index (χ3n) is 3.07. The van der Waals surface area contributed by atoms with E-state index in [0.29, 0.717) is 12.5 Å². The Morgan fingerprint density at radius 2 is 2.00 bits per heavy atom. The first kappa shape index (κ1) is 13.7. The van der Waals surface area contributed by atoms with Gasteiger partial charge in [0.15, 0.2) is 0 Å². The van der Waals surface area contributed by atoms with Crippen LogP contribution in [-0.4, -0.2) is 32.7 Å². The number of aliphatic hydroxyl groups excluding tert-OH is 1. The van der Waals surface area contributed by atoms with Crippen LogP contribution in [0.5, 0.6) is 0 Å². The molecule has 102 valence electrons. The van der Waals surface area contributed by atoms with Gasteiger partial charge in [0.05, 0.1) is 24.2 Å². The van der Waals surface area contributed by atoms with Crippen molar-refractivity contribution in [3.8, 4) is 5.69 Å². The summed E-state index contributed by atoms with van der Waals surface area (Å²) < 4.78 is 0. The predicted octanol–water partition coefficient (Wildman–Crippen LogP) is 1.37. The second-order valence-electron chi connectivity index (χ2n) is 4.87. The van der Waals surface area contributed by atoms with Gasteiger partial charge in [-0.2, -0.15) is 15.0 Å². The number of nitrogens with one attached hydrogen (secondary N) is 1. The highest BCUT2D eigenvalue weighted by Gasteiger charge is 2.12. The third-order valence-corrected chi connectivity index (χ3v) is 3.07. The molecule has 1 aromatic carbocycles. The van der Waals surface area contributed by atoms with Crippen LogP contribution in [0.2, 0.25) is 0 Å². The molecule has 5 nitrogen and oxygen atoms in total. The number of rotatable bonds is 6. The Kier molecular flexibility index (Phi) is 4.65. The SMILES string of the molecule is CC(C)C(CO)NCc1cnn(-c2ccccc2)n1. The van der Waals surface area contributed by atoms with Gasteiger partial charge in [0.1, 0.15) is 0 Å². The molecular formula is C14H20N4O. The van der Waals surface area contributed by atoms with Crippen molar-refractivity contribution in [1.29, 1.82) is 0 Å². The van der Waals surface area contributed by atoms with E-state index in [1.54, 1.807) is 11.0 Å². The van der Waals surface area contributed by atoms with Crippen molar-refractivity contribution < 1.29 is 5.11 Å². The van der Waals surface area contributed by atoms with Crippen LogP contribution >= 0.6 is 0 Å². The summed E-state index contributed by atoms with van der Waals surface area (Å²) in [6.07, 6.45) is 1.74. The second kappa shape index (κ2) is 6.45.